The molecule has 17 heavy (non-hydrogen) atoms. The summed E-state index contributed by atoms with van der Waals surface area (Å²) in [6, 6.07) is 8.03. The molecule has 2 rings (SSSR count). The van der Waals surface area contributed by atoms with Crippen molar-refractivity contribution in [3.8, 4) is 0 Å². The van der Waals surface area contributed by atoms with E-state index < -0.39 is 0 Å². The summed E-state index contributed by atoms with van der Waals surface area (Å²) in [5.74, 6) is 0. The molecular weight excluding hydrogens is 232 g/mol. The molecule has 0 saturated carbocycles. The molecule has 3 heteroatoms. The molecule has 2 nitrogen and oxygen atoms in total. The Kier molecular flexibility index (Phi) is 5.05. The van der Waals surface area contributed by atoms with Crippen molar-refractivity contribution < 1.29 is 0 Å². The number of nitrogens with one attached hydrogen (secondary N) is 1. The van der Waals surface area contributed by atoms with Gasteiger partial charge < -0.3 is 5.32 Å². The molecule has 0 aliphatic carbocycles. The van der Waals surface area contributed by atoms with Gasteiger partial charge in [-0.2, -0.15) is 0 Å². The lowest BCUT2D eigenvalue weighted by Crippen LogP contribution is -2.43. The average Bonchev–Trinajstić information content (AvgIpc) is 2.38. The number of hydrogen-bond donors (Lipinski definition) is 1. The Labute approximate surface area is 108 Å². The third-order valence-corrected chi connectivity index (χ3v) is 3.40. The number of hydrogen-bond acceptors (Lipinski definition) is 2. The van der Waals surface area contributed by atoms with Gasteiger partial charge in [0.05, 0.1) is 0 Å². The van der Waals surface area contributed by atoms with Crippen LogP contribution in [0.5, 0.6) is 0 Å². The molecule has 92 valence electrons. The molecule has 1 fully saturated rings. The van der Waals surface area contributed by atoms with Crippen LogP contribution in [0.2, 0.25) is 5.02 Å². The van der Waals surface area contributed by atoms with Crippen molar-refractivity contribution in [2.45, 2.75) is 6.42 Å². The lowest BCUT2D eigenvalue weighted by Gasteiger charge is -2.25. The van der Waals surface area contributed by atoms with E-state index >= 15 is 0 Å². The number of allylic oxidation sites excluding steroid dienone is 1. The van der Waals surface area contributed by atoms with Gasteiger partial charge in [-0.15, -0.1) is 0 Å². The van der Waals surface area contributed by atoms with Gasteiger partial charge in [0.1, 0.15) is 0 Å². The predicted octanol–water partition coefficient (Wildman–Crippen LogP) is 2.34. The minimum atomic E-state index is 0.860. The van der Waals surface area contributed by atoms with Gasteiger partial charge in [0.2, 0.25) is 0 Å². The first-order valence-corrected chi connectivity index (χ1v) is 6.55. The molecule has 0 unspecified atom stereocenters. The first-order chi connectivity index (χ1) is 8.36. The van der Waals surface area contributed by atoms with E-state index in [1.807, 2.05) is 18.2 Å². The summed E-state index contributed by atoms with van der Waals surface area (Å²) in [5, 5.41) is 4.22. The quantitative estimate of drug-likeness (QED) is 0.826. The van der Waals surface area contributed by atoms with E-state index in [1.165, 1.54) is 5.56 Å². The Hall–Kier alpha value is -0.830. The van der Waals surface area contributed by atoms with Crippen LogP contribution in [0.15, 0.2) is 36.4 Å². The van der Waals surface area contributed by atoms with E-state index in [2.05, 4.69) is 28.4 Å². The fourth-order valence-corrected chi connectivity index (χ4v) is 2.20. The first-order valence-electron chi connectivity index (χ1n) is 6.18. The van der Waals surface area contributed by atoms with Gasteiger partial charge in [-0.1, -0.05) is 42.0 Å². The fraction of sp³-hybridized carbons (Fsp3) is 0.429. The molecule has 0 spiro atoms. The number of benzene rings is 1. The topological polar surface area (TPSA) is 15.3 Å². The summed E-state index contributed by atoms with van der Waals surface area (Å²) < 4.78 is 0. The van der Waals surface area contributed by atoms with Crippen LogP contribution in [0, 0.1) is 0 Å². The Bertz CT molecular complexity index is 370. The molecule has 1 aliphatic rings. The van der Waals surface area contributed by atoms with Crippen LogP contribution in [-0.2, 0) is 6.42 Å². The zero-order chi connectivity index (χ0) is 11.9. The average molecular weight is 251 g/mol. The van der Waals surface area contributed by atoms with Gasteiger partial charge >= 0.3 is 0 Å². The van der Waals surface area contributed by atoms with Gasteiger partial charge in [-0.25, -0.2) is 0 Å². The number of rotatable bonds is 4. The van der Waals surface area contributed by atoms with Gasteiger partial charge in [0.25, 0.3) is 0 Å². The van der Waals surface area contributed by atoms with Gasteiger partial charge in [0.15, 0.2) is 0 Å². The summed E-state index contributed by atoms with van der Waals surface area (Å²) in [5.41, 5.74) is 1.20. The largest absolute Gasteiger partial charge is 0.314 e. The lowest BCUT2D eigenvalue weighted by molar-refractivity contribution is 0.264. The third kappa shape index (κ3) is 4.15. The molecule has 1 aromatic carbocycles. The maximum Gasteiger partial charge on any atom is 0.0441 e. The zero-order valence-corrected chi connectivity index (χ0v) is 10.8. The van der Waals surface area contributed by atoms with E-state index in [4.69, 9.17) is 11.6 Å². The lowest BCUT2D eigenvalue weighted by atomic mass is 10.1. The summed E-state index contributed by atoms with van der Waals surface area (Å²) in [6.45, 7) is 5.57. The van der Waals surface area contributed by atoms with Crippen molar-refractivity contribution in [3.05, 3.63) is 47.0 Å². The molecule has 1 N–H and O–H groups in total. The highest BCUT2D eigenvalue weighted by Gasteiger charge is 2.06. The second-order valence-electron chi connectivity index (χ2n) is 4.32. The van der Waals surface area contributed by atoms with Crippen molar-refractivity contribution >= 4 is 11.6 Å². The van der Waals surface area contributed by atoms with Crippen molar-refractivity contribution in [1.29, 1.82) is 0 Å². The molecule has 0 amide bonds. The van der Waals surface area contributed by atoms with Crippen LogP contribution in [0.1, 0.15) is 5.56 Å². The number of halogens is 1. The molecule has 1 aromatic rings. The van der Waals surface area contributed by atoms with Crippen molar-refractivity contribution in [2.75, 3.05) is 32.7 Å². The maximum absolute atomic E-state index is 6.10. The summed E-state index contributed by atoms with van der Waals surface area (Å²) in [4.78, 5) is 2.46. The van der Waals surface area contributed by atoms with Crippen LogP contribution in [0.3, 0.4) is 0 Å². The second-order valence-corrected chi connectivity index (χ2v) is 4.72. The number of piperazine rings is 1. The first kappa shape index (κ1) is 12.6. The standard InChI is InChI=1S/C14H19ClN2/c15-14-7-2-1-5-13(14)6-3-4-10-17-11-8-16-9-12-17/h1-5,7,16H,6,8-12H2/b4-3-. The monoisotopic (exact) mass is 250 g/mol. The molecule has 1 saturated heterocycles. The highest BCUT2D eigenvalue weighted by Crippen LogP contribution is 2.15. The molecule has 0 atom stereocenters. The normalized spacial score (nSPS) is 17.7. The van der Waals surface area contributed by atoms with E-state index in [0.717, 1.165) is 44.2 Å². The minimum absolute atomic E-state index is 0.860. The number of nitrogens with zero attached hydrogens (tertiary/aromatic N) is 1. The SMILES string of the molecule is Clc1ccccc1C/C=C\CN1CCNCC1. The van der Waals surface area contributed by atoms with Crippen molar-refractivity contribution in [3.63, 3.8) is 0 Å². The van der Waals surface area contributed by atoms with Gasteiger partial charge in [-0.3, -0.25) is 4.90 Å². The molecule has 0 aromatic heterocycles. The van der Waals surface area contributed by atoms with E-state index in [-0.39, 0.29) is 0 Å². The minimum Gasteiger partial charge on any atom is -0.314 e. The molecule has 0 radical (unpaired) electrons. The summed E-state index contributed by atoms with van der Waals surface area (Å²) in [6.07, 6.45) is 5.38. The second kappa shape index (κ2) is 6.80. The Morgan fingerprint density at radius 3 is 2.71 bits per heavy atom. The Morgan fingerprint density at radius 2 is 1.94 bits per heavy atom. The smallest absolute Gasteiger partial charge is 0.0441 e. The molecular formula is C14H19ClN2. The van der Waals surface area contributed by atoms with Crippen LogP contribution < -0.4 is 5.32 Å². The Morgan fingerprint density at radius 1 is 1.18 bits per heavy atom. The van der Waals surface area contributed by atoms with E-state index in [0.29, 0.717) is 0 Å². The molecule has 1 aliphatic heterocycles. The maximum atomic E-state index is 6.10. The van der Waals surface area contributed by atoms with Crippen molar-refractivity contribution in [2.24, 2.45) is 0 Å². The molecule has 0 bridgehead atoms. The van der Waals surface area contributed by atoms with E-state index in [9.17, 15) is 0 Å². The highest BCUT2D eigenvalue weighted by molar-refractivity contribution is 6.31. The van der Waals surface area contributed by atoms with Gasteiger partial charge in [-0.05, 0) is 18.1 Å². The van der Waals surface area contributed by atoms with Crippen molar-refractivity contribution in [1.82, 2.24) is 10.2 Å². The van der Waals surface area contributed by atoms with Crippen LogP contribution in [0.4, 0.5) is 0 Å². The predicted molar refractivity (Wildman–Crippen MR) is 73.6 cm³/mol. The van der Waals surface area contributed by atoms with Crippen LogP contribution in [-0.4, -0.2) is 37.6 Å². The zero-order valence-electron chi connectivity index (χ0n) is 10.0. The fourth-order valence-electron chi connectivity index (χ4n) is 1.99. The van der Waals surface area contributed by atoms with Crippen LogP contribution >= 0.6 is 11.6 Å². The third-order valence-electron chi connectivity index (χ3n) is 3.04. The summed E-state index contributed by atoms with van der Waals surface area (Å²) >= 11 is 6.10. The van der Waals surface area contributed by atoms with Gasteiger partial charge in [0, 0.05) is 37.7 Å². The van der Waals surface area contributed by atoms with E-state index in [1.54, 1.807) is 0 Å². The molecule has 1 heterocycles. The summed E-state index contributed by atoms with van der Waals surface area (Å²) in [7, 11) is 0. The highest BCUT2D eigenvalue weighted by atomic mass is 35.5. The van der Waals surface area contributed by atoms with Crippen LogP contribution in [0.25, 0.3) is 0 Å². The Balaban J connectivity index is 1.76.